The molecule has 0 heterocycles. The van der Waals surface area contributed by atoms with Gasteiger partial charge in [-0.15, -0.1) is 0 Å². The van der Waals surface area contributed by atoms with Crippen molar-refractivity contribution in [2.75, 3.05) is 0 Å². The fourth-order valence-electron chi connectivity index (χ4n) is 1.84. The summed E-state index contributed by atoms with van der Waals surface area (Å²) in [4.78, 5) is 21.8. The topological polar surface area (TPSA) is 84.6 Å². The molecule has 0 bridgehead atoms. The number of hydrazone groups is 1. The highest BCUT2D eigenvalue weighted by Gasteiger charge is 2.02. The molecule has 7 heteroatoms. The van der Waals surface area contributed by atoms with Crippen LogP contribution >= 0.6 is 15.9 Å². The molecule has 0 unspecified atom stereocenters. The van der Waals surface area contributed by atoms with Gasteiger partial charge in [0.05, 0.1) is 11.3 Å². The largest absolute Gasteiger partial charge is 0.273 e. The number of benzene rings is 2. The molecular formula is C17H14BrN3O3. The van der Waals surface area contributed by atoms with Crippen LogP contribution in [0.15, 0.2) is 64.2 Å². The second kappa shape index (κ2) is 8.73. The lowest BCUT2D eigenvalue weighted by molar-refractivity contribution is -0.384. The summed E-state index contributed by atoms with van der Waals surface area (Å²) in [6.07, 6.45) is 5.06. The second-order valence-corrected chi connectivity index (χ2v) is 5.74. The first-order chi connectivity index (χ1) is 11.5. The average molecular weight is 388 g/mol. The van der Waals surface area contributed by atoms with Crippen LogP contribution in [0.1, 0.15) is 11.1 Å². The molecule has 1 N–H and O–H groups in total. The van der Waals surface area contributed by atoms with Crippen LogP contribution in [-0.2, 0) is 11.2 Å². The van der Waals surface area contributed by atoms with E-state index in [9.17, 15) is 14.9 Å². The van der Waals surface area contributed by atoms with Crippen molar-refractivity contribution in [1.82, 2.24) is 5.43 Å². The summed E-state index contributed by atoms with van der Waals surface area (Å²) in [5.41, 5.74) is 4.17. The van der Waals surface area contributed by atoms with E-state index in [1.54, 1.807) is 24.3 Å². The quantitative estimate of drug-likeness (QED) is 0.465. The molecule has 6 nitrogen and oxygen atoms in total. The van der Waals surface area contributed by atoms with Crippen LogP contribution in [0.4, 0.5) is 5.69 Å². The lowest BCUT2D eigenvalue weighted by Gasteiger charge is -2.00. The monoisotopic (exact) mass is 387 g/mol. The van der Waals surface area contributed by atoms with Gasteiger partial charge in [0.15, 0.2) is 0 Å². The van der Waals surface area contributed by atoms with Gasteiger partial charge in [-0.05, 0) is 41.5 Å². The Hall–Kier alpha value is -2.80. The van der Waals surface area contributed by atoms with Gasteiger partial charge in [0.2, 0.25) is 5.91 Å². The Balaban J connectivity index is 1.80. The number of carbonyl (C=O) groups excluding carboxylic acids is 1. The van der Waals surface area contributed by atoms with Crippen molar-refractivity contribution >= 4 is 39.8 Å². The van der Waals surface area contributed by atoms with Crippen molar-refractivity contribution < 1.29 is 9.72 Å². The first-order valence-corrected chi connectivity index (χ1v) is 7.81. The molecule has 0 saturated carbocycles. The molecule has 2 aromatic rings. The minimum atomic E-state index is -0.448. The van der Waals surface area contributed by atoms with Crippen molar-refractivity contribution in [1.29, 1.82) is 0 Å². The number of amides is 1. The van der Waals surface area contributed by atoms with Gasteiger partial charge >= 0.3 is 0 Å². The predicted molar refractivity (Wildman–Crippen MR) is 96.6 cm³/mol. The second-order valence-electron chi connectivity index (χ2n) is 4.82. The van der Waals surface area contributed by atoms with E-state index in [0.717, 1.165) is 15.6 Å². The van der Waals surface area contributed by atoms with Gasteiger partial charge < -0.3 is 0 Å². The Labute approximate surface area is 147 Å². The Bertz CT molecular complexity index is 769. The van der Waals surface area contributed by atoms with Crippen LogP contribution in [0.3, 0.4) is 0 Å². The molecule has 0 aliphatic carbocycles. The van der Waals surface area contributed by atoms with E-state index in [1.165, 1.54) is 18.3 Å². The number of nitro benzene ring substituents is 1. The summed E-state index contributed by atoms with van der Waals surface area (Å²) >= 11 is 3.34. The zero-order valence-corrected chi connectivity index (χ0v) is 14.1. The van der Waals surface area contributed by atoms with Crippen LogP contribution in [0.25, 0.3) is 6.08 Å². The number of carbonyl (C=O) groups is 1. The number of non-ortho nitro benzene ring substituents is 1. The predicted octanol–water partition coefficient (Wildman–Crippen LogP) is 3.72. The highest BCUT2D eigenvalue weighted by molar-refractivity contribution is 9.10. The third kappa shape index (κ3) is 5.77. The van der Waals surface area contributed by atoms with Gasteiger partial charge in [0.25, 0.3) is 5.69 Å². The standard InChI is InChI=1S/C17H14BrN3O3/c18-15-7-3-14(4-8-15)12-17(22)20-19-11-1-2-13-5-9-16(10-6-13)21(23)24/h1-11H,12H2,(H,20,22)/b2-1+,19-11+. The summed E-state index contributed by atoms with van der Waals surface area (Å²) in [5, 5.41) is 14.4. The zero-order valence-electron chi connectivity index (χ0n) is 12.6. The van der Waals surface area contributed by atoms with Crippen LogP contribution in [0.5, 0.6) is 0 Å². The molecule has 0 radical (unpaired) electrons. The van der Waals surface area contributed by atoms with E-state index in [-0.39, 0.29) is 18.0 Å². The molecule has 0 fully saturated rings. The molecule has 0 saturated heterocycles. The van der Waals surface area contributed by atoms with Crippen LogP contribution in [-0.4, -0.2) is 17.0 Å². The third-order valence-electron chi connectivity index (χ3n) is 3.02. The van der Waals surface area contributed by atoms with Gasteiger partial charge in [0.1, 0.15) is 0 Å². The summed E-state index contributed by atoms with van der Waals surface area (Å²) < 4.78 is 0.959. The number of nitrogens with zero attached hydrogens (tertiary/aromatic N) is 2. The smallest absolute Gasteiger partial charge is 0.269 e. The molecule has 0 aromatic heterocycles. The minimum Gasteiger partial charge on any atom is -0.273 e. The molecule has 0 aliphatic heterocycles. The van der Waals surface area contributed by atoms with Crippen LogP contribution < -0.4 is 5.43 Å². The molecule has 1 amide bonds. The third-order valence-corrected chi connectivity index (χ3v) is 3.55. The van der Waals surface area contributed by atoms with E-state index in [1.807, 2.05) is 24.3 Å². The maximum absolute atomic E-state index is 11.7. The SMILES string of the molecule is O=C(Cc1ccc(Br)cc1)N/N=C/C=C/c1ccc([N+](=O)[O-])cc1. The van der Waals surface area contributed by atoms with Crippen molar-refractivity contribution in [3.05, 3.63) is 80.3 Å². The highest BCUT2D eigenvalue weighted by Crippen LogP contribution is 2.12. The zero-order chi connectivity index (χ0) is 17.4. The molecular weight excluding hydrogens is 374 g/mol. The Kier molecular flexibility index (Phi) is 6.39. The van der Waals surface area contributed by atoms with E-state index >= 15 is 0 Å². The Morgan fingerprint density at radius 2 is 1.83 bits per heavy atom. The van der Waals surface area contributed by atoms with Crippen molar-refractivity contribution in [3.8, 4) is 0 Å². The first-order valence-electron chi connectivity index (χ1n) is 7.02. The number of nitrogens with one attached hydrogen (secondary N) is 1. The van der Waals surface area contributed by atoms with Gasteiger partial charge in [-0.2, -0.15) is 5.10 Å². The summed E-state index contributed by atoms with van der Waals surface area (Å²) in [7, 11) is 0. The Morgan fingerprint density at radius 3 is 2.46 bits per heavy atom. The molecule has 2 aromatic carbocycles. The lowest BCUT2D eigenvalue weighted by atomic mass is 10.1. The summed E-state index contributed by atoms with van der Waals surface area (Å²) in [6.45, 7) is 0. The summed E-state index contributed by atoms with van der Waals surface area (Å²) in [5.74, 6) is -0.211. The minimum absolute atomic E-state index is 0.0426. The van der Waals surface area contributed by atoms with Crippen molar-refractivity contribution in [2.45, 2.75) is 6.42 Å². The molecule has 2 rings (SSSR count). The molecule has 24 heavy (non-hydrogen) atoms. The number of allylic oxidation sites excluding steroid dienone is 1. The van der Waals surface area contributed by atoms with E-state index in [0.29, 0.717) is 0 Å². The van der Waals surface area contributed by atoms with Gasteiger partial charge in [0, 0.05) is 22.8 Å². The van der Waals surface area contributed by atoms with E-state index in [2.05, 4.69) is 26.5 Å². The van der Waals surface area contributed by atoms with Crippen molar-refractivity contribution in [2.24, 2.45) is 5.10 Å². The number of halogens is 1. The van der Waals surface area contributed by atoms with Crippen molar-refractivity contribution in [3.63, 3.8) is 0 Å². The molecule has 0 spiro atoms. The fourth-order valence-corrected chi connectivity index (χ4v) is 2.11. The Morgan fingerprint density at radius 1 is 1.17 bits per heavy atom. The van der Waals surface area contributed by atoms with E-state index < -0.39 is 4.92 Å². The number of nitro groups is 1. The van der Waals surface area contributed by atoms with Gasteiger partial charge in [-0.3, -0.25) is 14.9 Å². The summed E-state index contributed by atoms with van der Waals surface area (Å²) in [6, 6.07) is 13.6. The number of hydrogen-bond acceptors (Lipinski definition) is 4. The normalized spacial score (nSPS) is 11.0. The number of hydrogen-bond donors (Lipinski definition) is 1. The fraction of sp³-hybridized carbons (Fsp3) is 0.0588. The van der Waals surface area contributed by atoms with Crippen LogP contribution in [0.2, 0.25) is 0 Å². The molecule has 122 valence electrons. The van der Waals surface area contributed by atoms with E-state index in [4.69, 9.17) is 0 Å². The van der Waals surface area contributed by atoms with Gasteiger partial charge in [-0.25, -0.2) is 5.43 Å². The molecule has 0 atom stereocenters. The maximum Gasteiger partial charge on any atom is 0.269 e. The number of rotatable bonds is 6. The maximum atomic E-state index is 11.7. The van der Waals surface area contributed by atoms with Gasteiger partial charge in [-0.1, -0.05) is 34.1 Å². The average Bonchev–Trinajstić information content (AvgIpc) is 2.57. The molecule has 0 aliphatic rings. The van der Waals surface area contributed by atoms with Crippen LogP contribution in [0, 0.1) is 10.1 Å². The lowest BCUT2D eigenvalue weighted by Crippen LogP contribution is -2.19. The first kappa shape index (κ1) is 17.6. The highest BCUT2D eigenvalue weighted by atomic mass is 79.9.